The van der Waals surface area contributed by atoms with Gasteiger partial charge in [-0.05, 0) is 29.9 Å². The summed E-state index contributed by atoms with van der Waals surface area (Å²) < 4.78 is 26.9. The van der Waals surface area contributed by atoms with Gasteiger partial charge in [0.05, 0.1) is 11.3 Å². The number of halogens is 2. The van der Waals surface area contributed by atoms with E-state index in [4.69, 9.17) is 16.9 Å². The molecule has 0 heterocycles. The smallest absolute Gasteiger partial charge is 0.249 e. The summed E-state index contributed by atoms with van der Waals surface area (Å²) in [6.07, 6.45) is 4.70. The number of rotatable bonds is 4. The van der Waals surface area contributed by atoms with E-state index in [0.717, 1.165) is 6.07 Å². The Morgan fingerprint density at radius 1 is 1.36 bits per heavy atom. The second-order valence-corrected chi connectivity index (χ2v) is 4.81. The Balaban J connectivity index is 2.36. The summed E-state index contributed by atoms with van der Waals surface area (Å²) >= 11 is 0. The molecule has 1 amide bonds. The average Bonchev–Trinajstić information content (AvgIpc) is 2.47. The molecule has 0 fully saturated rings. The van der Waals surface area contributed by atoms with Gasteiger partial charge in [-0.3, -0.25) is 4.79 Å². The van der Waals surface area contributed by atoms with E-state index in [1.54, 1.807) is 6.08 Å². The van der Waals surface area contributed by atoms with Crippen LogP contribution in [0.15, 0.2) is 48.1 Å². The van der Waals surface area contributed by atoms with Crippen molar-refractivity contribution < 1.29 is 13.6 Å². The molecule has 1 aliphatic carbocycles. The molecule has 0 spiro atoms. The Hall–Kier alpha value is -2.76. The third-order valence-electron chi connectivity index (χ3n) is 3.23. The third-order valence-corrected chi connectivity index (χ3v) is 3.23. The standard InChI is InChI=1S/C16H15F2N3O/c17-10-6-4-9(5-7-10)13(19)8-14(20)15-11(16(21)22)2-1-3-12(15)18/h1-6,8,10,19H,7,20H2,(H2,21,22). The highest BCUT2D eigenvalue weighted by Gasteiger charge is 2.16. The van der Waals surface area contributed by atoms with Gasteiger partial charge in [-0.2, -0.15) is 0 Å². The van der Waals surface area contributed by atoms with Crippen molar-refractivity contribution in [3.8, 4) is 0 Å². The minimum Gasteiger partial charge on any atom is -0.398 e. The van der Waals surface area contributed by atoms with Gasteiger partial charge in [-0.15, -0.1) is 0 Å². The summed E-state index contributed by atoms with van der Waals surface area (Å²) in [6.45, 7) is 0. The van der Waals surface area contributed by atoms with Crippen LogP contribution < -0.4 is 11.5 Å². The van der Waals surface area contributed by atoms with Crippen LogP contribution in [0, 0.1) is 11.2 Å². The number of hydrogen-bond acceptors (Lipinski definition) is 3. The molecule has 0 aliphatic heterocycles. The third kappa shape index (κ3) is 3.28. The van der Waals surface area contributed by atoms with E-state index >= 15 is 0 Å². The summed E-state index contributed by atoms with van der Waals surface area (Å²) in [5.41, 5.74) is 11.2. The molecule has 4 nitrogen and oxygen atoms in total. The molecule has 22 heavy (non-hydrogen) atoms. The minimum absolute atomic E-state index is 0.000626. The van der Waals surface area contributed by atoms with Crippen LogP contribution in [-0.2, 0) is 0 Å². The summed E-state index contributed by atoms with van der Waals surface area (Å²) in [6, 6.07) is 3.86. The lowest BCUT2D eigenvalue weighted by Crippen LogP contribution is -2.17. The van der Waals surface area contributed by atoms with Crippen molar-refractivity contribution >= 4 is 17.3 Å². The second kappa shape index (κ2) is 6.34. The number of carbonyl (C=O) groups is 1. The molecule has 0 saturated carbocycles. The van der Waals surface area contributed by atoms with Crippen LogP contribution >= 0.6 is 0 Å². The van der Waals surface area contributed by atoms with Crippen molar-refractivity contribution in [1.29, 1.82) is 5.41 Å². The van der Waals surface area contributed by atoms with Gasteiger partial charge >= 0.3 is 0 Å². The van der Waals surface area contributed by atoms with E-state index in [-0.39, 0.29) is 29.0 Å². The molecule has 1 unspecified atom stereocenters. The highest BCUT2D eigenvalue weighted by Crippen LogP contribution is 2.21. The van der Waals surface area contributed by atoms with Crippen molar-refractivity contribution in [2.75, 3.05) is 0 Å². The topological polar surface area (TPSA) is 93.0 Å². The fourth-order valence-corrected chi connectivity index (χ4v) is 2.13. The normalized spacial score (nSPS) is 18.0. The van der Waals surface area contributed by atoms with Crippen molar-refractivity contribution in [2.45, 2.75) is 12.6 Å². The zero-order chi connectivity index (χ0) is 16.3. The maximum absolute atomic E-state index is 13.9. The van der Waals surface area contributed by atoms with E-state index in [0.29, 0.717) is 5.57 Å². The predicted octanol–water partition coefficient (Wildman–Crippen LogP) is 2.47. The Morgan fingerprint density at radius 2 is 2.09 bits per heavy atom. The monoisotopic (exact) mass is 303 g/mol. The molecule has 0 saturated heterocycles. The molecule has 1 aromatic rings. The Kier molecular flexibility index (Phi) is 4.50. The number of alkyl halides is 1. The molecule has 6 heteroatoms. The highest BCUT2D eigenvalue weighted by atomic mass is 19.1. The molecule has 0 radical (unpaired) electrons. The molecule has 1 aliphatic rings. The fraction of sp³-hybridized carbons (Fsp3) is 0.125. The van der Waals surface area contributed by atoms with E-state index < -0.39 is 17.9 Å². The first-order chi connectivity index (χ1) is 10.4. The number of nitrogens with one attached hydrogen (secondary N) is 1. The number of benzene rings is 1. The lowest BCUT2D eigenvalue weighted by Gasteiger charge is -2.11. The van der Waals surface area contributed by atoms with Crippen LogP contribution in [-0.4, -0.2) is 17.8 Å². The van der Waals surface area contributed by atoms with Crippen molar-refractivity contribution in [3.63, 3.8) is 0 Å². The molecular weight excluding hydrogens is 288 g/mol. The predicted molar refractivity (Wildman–Crippen MR) is 81.5 cm³/mol. The Labute approximate surface area is 126 Å². The SMILES string of the molecule is N=C(C=C(N)c1c(F)cccc1C(N)=O)C1=CCC(F)C=C1. The first kappa shape index (κ1) is 15.6. The molecule has 0 aromatic heterocycles. The summed E-state index contributed by atoms with van der Waals surface area (Å²) in [7, 11) is 0. The van der Waals surface area contributed by atoms with Crippen LogP contribution in [0.3, 0.4) is 0 Å². The van der Waals surface area contributed by atoms with E-state index in [1.165, 1.54) is 30.4 Å². The first-order valence-corrected chi connectivity index (χ1v) is 6.57. The maximum Gasteiger partial charge on any atom is 0.249 e. The Bertz CT molecular complexity index is 720. The lowest BCUT2D eigenvalue weighted by atomic mass is 9.98. The van der Waals surface area contributed by atoms with Gasteiger partial charge in [0.15, 0.2) is 0 Å². The zero-order valence-electron chi connectivity index (χ0n) is 11.6. The van der Waals surface area contributed by atoms with Crippen LogP contribution in [0.1, 0.15) is 22.3 Å². The van der Waals surface area contributed by atoms with E-state index in [9.17, 15) is 13.6 Å². The molecule has 5 N–H and O–H groups in total. The second-order valence-electron chi connectivity index (χ2n) is 4.81. The van der Waals surface area contributed by atoms with Gasteiger partial charge in [0.2, 0.25) is 5.91 Å². The number of nitrogens with two attached hydrogens (primary N) is 2. The van der Waals surface area contributed by atoms with Crippen LogP contribution in [0.25, 0.3) is 5.70 Å². The summed E-state index contributed by atoms with van der Waals surface area (Å²) in [5, 5.41) is 7.94. The van der Waals surface area contributed by atoms with E-state index in [2.05, 4.69) is 0 Å². The van der Waals surface area contributed by atoms with Crippen molar-refractivity contribution in [2.24, 2.45) is 11.5 Å². The largest absolute Gasteiger partial charge is 0.398 e. The van der Waals surface area contributed by atoms with Gasteiger partial charge < -0.3 is 16.9 Å². The molecule has 2 rings (SSSR count). The van der Waals surface area contributed by atoms with Gasteiger partial charge in [0.1, 0.15) is 12.0 Å². The molecule has 114 valence electrons. The maximum atomic E-state index is 13.9. The molecule has 1 atom stereocenters. The number of hydrogen-bond donors (Lipinski definition) is 3. The highest BCUT2D eigenvalue weighted by molar-refractivity contribution is 6.12. The Morgan fingerprint density at radius 3 is 2.68 bits per heavy atom. The number of amides is 1. The average molecular weight is 303 g/mol. The molecule has 0 bridgehead atoms. The molecule has 1 aromatic carbocycles. The van der Waals surface area contributed by atoms with Crippen LogP contribution in [0.2, 0.25) is 0 Å². The van der Waals surface area contributed by atoms with Crippen molar-refractivity contribution in [3.05, 3.63) is 65.0 Å². The zero-order valence-corrected chi connectivity index (χ0v) is 11.6. The van der Waals surface area contributed by atoms with E-state index in [1.807, 2.05) is 0 Å². The summed E-state index contributed by atoms with van der Waals surface area (Å²) in [5.74, 6) is -1.51. The van der Waals surface area contributed by atoms with Gasteiger partial charge in [-0.1, -0.05) is 18.2 Å². The van der Waals surface area contributed by atoms with Gasteiger partial charge in [0, 0.05) is 17.7 Å². The minimum atomic E-state index is -1.06. The van der Waals surface area contributed by atoms with Gasteiger partial charge in [0.25, 0.3) is 0 Å². The van der Waals surface area contributed by atoms with Crippen molar-refractivity contribution in [1.82, 2.24) is 0 Å². The number of primary amides is 1. The lowest BCUT2D eigenvalue weighted by molar-refractivity contribution is 0.0999. The van der Waals surface area contributed by atoms with Crippen LogP contribution in [0.4, 0.5) is 8.78 Å². The number of carbonyl (C=O) groups excluding carboxylic acids is 1. The quantitative estimate of drug-likeness (QED) is 0.745. The van der Waals surface area contributed by atoms with Crippen LogP contribution in [0.5, 0.6) is 0 Å². The first-order valence-electron chi connectivity index (χ1n) is 6.57. The summed E-state index contributed by atoms with van der Waals surface area (Å²) in [4.78, 5) is 11.4. The fourth-order valence-electron chi connectivity index (χ4n) is 2.13. The number of allylic oxidation sites excluding steroid dienone is 5. The molecular formula is C16H15F2N3O. The van der Waals surface area contributed by atoms with Gasteiger partial charge in [-0.25, -0.2) is 8.78 Å².